The Kier molecular flexibility index (Phi) is 5.20. The first-order valence-corrected chi connectivity index (χ1v) is 9.24. The number of anilines is 1. The number of nitrogens with zero attached hydrogens (tertiary/aromatic N) is 1. The van der Waals surface area contributed by atoms with Crippen molar-refractivity contribution >= 4 is 22.5 Å². The van der Waals surface area contributed by atoms with Gasteiger partial charge in [-0.15, -0.1) is 0 Å². The maximum Gasteiger partial charge on any atom is 0.262 e. The van der Waals surface area contributed by atoms with Crippen LogP contribution in [0, 0.1) is 12.7 Å². The molecule has 0 saturated heterocycles. The smallest absolute Gasteiger partial charge is 0.262 e. The SMILES string of the molecule is Cc1ccc2nc(-c3ccccc3)cc(OCC(=O)Nc3ccccc3F)c2c1. The normalized spacial score (nSPS) is 10.7. The number of carbonyl (C=O) groups excluding carboxylic acids is 1. The van der Waals surface area contributed by atoms with Crippen LogP contribution in [0.3, 0.4) is 0 Å². The molecule has 3 aromatic carbocycles. The third-order valence-electron chi connectivity index (χ3n) is 4.50. The second-order valence-electron chi connectivity index (χ2n) is 6.71. The number of hydrogen-bond donors (Lipinski definition) is 1. The van der Waals surface area contributed by atoms with Gasteiger partial charge in [-0.05, 0) is 31.2 Å². The van der Waals surface area contributed by atoms with E-state index in [1.54, 1.807) is 12.1 Å². The van der Waals surface area contributed by atoms with Crippen LogP contribution in [-0.4, -0.2) is 17.5 Å². The second-order valence-corrected chi connectivity index (χ2v) is 6.71. The fourth-order valence-electron chi connectivity index (χ4n) is 3.08. The highest BCUT2D eigenvalue weighted by atomic mass is 19.1. The van der Waals surface area contributed by atoms with Crippen molar-refractivity contribution < 1.29 is 13.9 Å². The van der Waals surface area contributed by atoms with Gasteiger partial charge in [-0.25, -0.2) is 9.37 Å². The lowest BCUT2D eigenvalue weighted by Crippen LogP contribution is -2.20. The number of hydrogen-bond acceptors (Lipinski definition) is 3. The molecule has 0 fully saturated rings. The van der Waals surface area contributed by atoms with Gasteiger partial charge >= 0.3 is 0 Å². The highest BCUT2D eigenvalue weighted by molar-refractivity contribution is 5.93. The summed E-state index contributed by atoms with van der Waals surface area (Å²) in [6.07, 6.45) is 0. The molecule has 4 nitrogen and oxygen atoms in total. The number of halogens is 1. The van der Waals surface area contributed by atoms with Crippen LogP contribution in [0.1, 0.15) is 5.56 Å². The first kappa shape index (κ1) is 18.6. The molecular weight excluding hydrogens is 367 g/mol. The summed E-state index contributed by atoms with van der Waals surface area (Å²) >= 11 is 0. The molecule has 0 aliphatic heterocycles. The number of aromatic nitrogens is 1. The Morgan fingerprint density at radius 1 is 1.00 bits per heavy atom. The molecule has 0 aliphatic carbocycles. The third kappa shape index (κ3) is 4.24. The Morgan fingerprint density at radius 3 is 2.55 bits per heavy atom. The van der Waals surface area contributed by atoms with Crippen LogP contribution >= 0.6 is 0 Å². The molecule has 144 valence electrons. The van der Waals surface area contributed by atoms with E-state index in [-0.39, 0.29) is 12.3 Å². The number of nitrogens with one attached hydrogen (secondary N) is 1. The van der Waals surface area contributed by atoms with Gasteiger partial charge in [0.25, 0.3) is 5.91 Å². The molecule has 0 unspecified atom stereocenters. The standard InChI is InChI=1S/C24H19FN2O2/c1-16-11-12-20-18(13-16)23(14-22(26-20)17-7-3-2-4-8-17)29-15-24(28)27-21-10-6-5-9-19(21)25/h2-14H,15H2,1H3,(H,27,28). The van der Waals surface area contributed by atoms with Crippen molar-refractivity contribution in [3.05, 3.63) is 90.2 Å². The maximum absolute atomic E-state index is 13.7. The van der Waals surface area contributed by atoms with Crippen molar-refractivity contribution in [3.63, 3.8) is 0 Å². The Hall–Kier alpha value is -3.73. The minimum absolute atomic E-state index is 0.126. The summed E-state index contributed by atoms with van der Waals surface area (Å²) in [7, 11) is 0. The van der Waals surface area contributed by atoms with Gasteiger partial charge < -0.3 is 10.1 Å². The van der Waals surface area contributed by atoms with E-state index in [9.17, 15) is 9.18 Å². The number of ether oxygens (including phenoxy) is 1. The van der Waals surface area contributed by atoms with Crippen LogP contribution in [0.15, 0.2) is 78.9 Å². The van der Waals surface area contributed by atoms with Crippen LogP contribution in [-0.2, 0) is 4.79 Å². The van der Waals surface area contributed by atoms with E-state index >= 15 is 0 Å². The second kappa shape index (κ2) is 8.10. The van der Waals surface area contributed by atoms with Crippen molar-refractivity contribution in [1.82, 2.24) is 4.98 Å². The summed E-state index contributed by atoms with van der Waals surface area (Å²) < 4.78 is 19.6. The van der Waals surface area contributed by atoms with Gasteiger partial charge in [0.05, 0.1) is 16.9 Å². The number of para-hydroxylation sites is 1. The quantitative estimate of drug-likeness (QED) is 0.502. The maximum atomic E-state index is 13.7. The fraction of sp³-hybridized carbons (Fsp3) is 0.0833. The van der Waals surface area contributed by atoms with Gasteiger partial charge in [0.15, 0.2) is 6.61 Å². The number of benzene rings is 3. The molecule has 0 spiro atoms. The van der Waals surface area contributed by atoms with Crippen LogP contribution in [0.5, 0.6) is 5.75 Å². The number of amides is 1. The van der Waals surface area contributed by atoms with E-state index in [1.165, 1.54) is 12.1 Å². The molecule has 1 aromatic heterocycles. The van der Waals surface area contributed by atoms with E-state index in [4.69, 9.17) is 9.72 Å². The molecular formula is C24H19FN2O2. The molecule has 0 atom stereocenters. The fourth-order valence-corrected chi connectivity index (χ4v) is 3.08. The molecule has 1 amide bonds. The highest BCUT2D eigenvalue weighted by Gasteiger charge is 2.12. The van der Waals surface area contributed by atoms with Crippen molar-refractivity contribution in [1.29, 1.82) is 0 Å². The molecule has 0 bridgehead atoms. The molecule has 4 aromatic rings. The Balaban J connectivity index is 1.62. The highest BCUT2D eigenvalue weighted by Crippen LogP contribution is 2.30. The Morgan fingerprint density at radius 2 is 1.76 bits per heavy atom. The molecule has 0 radical (unpaired) electrons. The van der Waals surface area contributed by atoms with Gasteiger partial charge in [0, 0.05) is 17.0 Å². The average molecular weight is 386 g/mol. The largest absolute Gasteiger partial charge is 0.483 e. The lowest BCUT2D eigenvalue weighted by molar-refractivity contribution is -0.118. The van der Waals surface area contributed by atoms with Crippen LogP contribution in [0.2, 0.25) is 0 Å². The molecule has 4 rings (SSSR count). The average Bonchev–Trinajstić information content (AvgIpc) is 2.74. The zero-order valence-electron chi connectivity index (χ0n) is 15.9. The van der Waals surface area contributed by atoms with Gasteiger partial charge in [-0.1, -0.05) is 54.1 Å². The minimum atomic E-state index is -0.489. The van der Waals surface area contributed by atoms with Crippen molar-refractivity contribution in [2.45, 2.75) is 6.92 Å². The topological polar surface area (TPSA) is 51.2 Å². The van der Waals surface area contributed by atoms with Crippen LogP contribution < -0.4 is 10.1 Å². The Labute approximate surface area is 168 Å². The zero-order valence-corrected chi connectivity index (χ0v) is 15.9. The molecule has 0 aliphatic rings. The molecule has 1 heterocycles. The van der Waals surface area contributed by atoms with E-state index < -0.39 is 11.7 Å². The molecule has 0 saturated carbocycles. The molecule has 5 heteroatoms. The van der Waals surface area contributed by atoms with E-state index in [1.807, 2.05) is 61.5 Å². The van der Waals surface area contributed by atoms with E-state index in [0.717, 1.165) is 27.7 Å². The number of fused-ring (bicyclic) bond motifs is 1. The van der Waals surface area contributed by atoms with E-state index in [2.05, 4.69) is 5.32 Å². The lowest BCUT2D eigenvalue weighted by atomic mass is 10.1. The predicted octanol–water partition coefficient (Wildman–Crippen LogP) is 5.37. The van der Waals surface area contributed by atoms with Crippen molar-refractivity contribution in [2.75, 3.05) is 11.9 Å². The minimum Gasteiger partial charge on any atom is -0.483 e. The summed E-state index contributed by atoms with van der Waals surface area (Å²) in [5, 5.41) is 3.35. The summed E-state index contributed by atoms with van der Waals surface area (Å²) in [5.41, 5.74) is 3.68. The summed E-state index contributed by atoms with van der Waals surface area (Å²) in [5.74, 6) is -0.368. The third-order valence-corrected chi connectivity index (χ3v) is 4.50. The predicted molar refractivity (Wildman–Crippen MR) is 112 cm³/mol. The number of rotatable bonds is 5. The van der Waals surface area contributed by atoms with Crippen molar-refractivity contribution in [2.24, 2.45) is 0 Å². The molecule has 1 N–H and O–H groups in total. The van der Waals surface area contributed by atoms with Crippen molar-refractivity contribution in [3.8, 4) is 17.0 Å². The number of pyridine rings is 1. The van der Waals surface area contributed by atoms with Gasteiger partial charge in [0.2, 0.25) is 0 Å². The van der Waals surface area contributed by atoms with Crippen LogP contribution in [0.4, 0.5) is 10.1 Å². The zero-order chi connectivity index (χ0) is 20.2. The van der Waals surface area contributed by atoms with Gasteiger partial charge in [-0.2, -0.15) is 0 Å². The van der Waals surface area contributed by atoms with Gasteiger partial charge in [-0.3, -0.25) is 4.79 Å². The van der Waals surface area contributed by atoms with Gasteiger partial charge in [0.1, 0.15) is 11.6 Å². The number of aryl methyl sites for hydroxylation is 1. The summed E-state index contributed by atoms with van der Waals surface area (Å²) in [6.45, 7) is 1.74. The summed E-state index contributed by atoms with van der Waals surface area (Å²) in [4.78, 5) is 17.0. The molecule has 29 heavy (non-hydrogen) atoms. The summed E-state index contributed by atoms with van der Waals surface area (Å²) in [6, 6.07) is 23.5. The first-order valence-electron chi connectivity index (χ1n) is 9.24. The first-order chi connectivity index (χ1) is 14.1. The monoisotopic (exact) mass is 386 g/mol. The Bertz CT molecular complexity index is 1180. The van der Waals surface area contributed by atoms with Crippen LogP contribution in [0.25, 0.3) is 22.2 Å². The number of carbonyl (C=O) groups is 1. The van der Waals surface area contributed by atoms with E-state index in [0.29, 0.717) is 5.75 Å². The lowest BCUT2D eigenvalue weighted by Gasteiger charge is -2.12.